The van der Waals surface area contributed by atoms with Crippen molar-refractivity contribution in [3.05, 3.63) is 57.0 Å². The molecule has 0 radical (unpaired) electrons. The maximum absolute atomic E-state index is 12.0. The topological polar surface area (TPSA) is 79.8 Å². The van der Waals surface area contributed by atoms with Crippen LogP contribution in [0.15, 0.2) is 41.5 Å². The Labute approximate surface area is 183 Å². The van der Waals surface area contributed by atoms with Crippen LogP contribution in [0, 0.1) is 5.92 Å². The normalized spacial score (nSPS) is 13.7. The molecule has 0 heterocycles. The number of anilines is 1. The van der Waals surface area contributed by atoms with Gasteiger partial charge in [0, 0.05) is 17.7 Å². The Kier molecular flexibility index (Phi) is 7.00. The minimum Gasteiger partial charge on any atom is -0.482 e. The summed E-state index contributed by atoms with van der Waals surface area (Å²) in [6.45, 7) is 1.47. The van der Waals surface area contributed by atoms with Gasteiger partial charge in [-0.15, -0.1) is 0 Å². The molecule has 1 aliphatic carbocycles. The first kappa shape index (κ1) is 21.4. The van der Waals surface area contributed by atoms with Crippen molar-refractivity contribution in [2.45, 2.75) is 19.8 Å². The summed E-state index contributed by atoms with van der Waals surface area (Å²) in [6, 6.07) is 10.1. The van der Waals surface area contributed by atoms with Gasteiger partial charge in [0.2, 0.25) is 5.91 Å². The fourth-order valence-corrected chi connectivity index (χ4v) is 2.98. The fraction of sp³-hybridized carbons (Fsp3) is 0.250. The summed E-state index contributed by atoms with van der Waals surface area (Å²) >= 11 is 17.8. The highest BCUT2D eigenvalue weighted by molar-refractivity contribution is 6.43. The second-order valence-electron chi connectivity index (χ2n) is 6.56. The first-order chi connectivity index (χ1) is 13.8. The van der Waals surface area contributed by atoms with Crippen LogP contribution in [0.2, 0.25) is 15.1 Å². The number of hydrogen-bond acceptors (Lipinski definition) is 4. The summed E-state index contributed by atoms with van der Waals surface area (Å²) in [4.78, 5) is 23.7. The lowest BCUT2D eigenvalue weighted by molar-refractivity contribution is -0.123. The quantitative estimate of drug-likeness (QED) is 0.354. The molecule has 29 heavy (non-hydrogen) atoms. The van der Waals surface area contributed by atoms with Crippen molar-refractivity contribution in [3.63, 3.8) is 0 Å². The second-order valence-corrected chi connectivity index (χ2v) is 7.78. The number of hydrogen-bond donors (Lipinski definition) is 2. The Morgan fingerprint density at radius 2 is 1.72 bits per heavy atom. The van der Waals surface area contributed by atoms with Crippen molar-refractivity contribution in [3.8, 4) is 5.75 Å². The molecular formula is C20H18Cl3N3O3. The average Bonchev–Trinajstić information content (AvgIpc) is 3.54. The zero-order valence-corrected chi connectivity index (χ0v) is 17.7. The van der Waals surface area contributed by atoms with E-state index < -0.39 is 5.91 Å². The average molecular weight is 455 g/mol. The first-order valence-electron chi connectivity index (χ1n) is 8.85. The minimum absolute atomic E-state index is 0.0532. The molecule has 0 unspecified atom stereocenters. The molecule has 2 N–H and O–H groups in total. The van der Waals surface area contributed by atoms with Gasteiger partial charge >= 0.3 is 0 Å². The predicted molar refractivity (Wildman–Crippen MR) is 115 cm³/mol. The van der Waals surface area contributed by atoms with E-state index in [0.717, 1.165) is 24.1 Å². The lowest BCUT2D eigenvalue weighted by Crippen LogP contribution is -2.25. The van der Waals surface area contributed by atoms with Crippen LogP contribution in [0.4, 0.5) is 5.69 Å². The number of ether oxygens (including phenoxy) is 1. The zero-order valence-electron chi connectivity index (χ0n) is 15.5. The van der Waals surface area contributed by atoms with E-state index >= 15 is 0 Å². The van der Waals surface area contributed by atoms with E-state index in [1.54, 1.807) is 19.1 Å². The van der Waals surface area contributed by atoms with Crippen LogP contribution in [0.5, 0.6) is 5.75 Å². The molecule has 2 aromatic carbocycles. The van der Waals surface area contributed by atoms with E-state index in [1.165, 1.54) is 12.1 Å². The first-order valence-corrected chi connectivity index (χ1v) is 9.98. The molecule has 9 heteroatoms. The van der Waals surface area contributed by atoms with Crippen molar-refractivity contribution in [2.75, 3.05) is 11.9 Å². The third kappa shape index (κ3) is 6.10. The molecule has 1 saturated carbocycles. The Hall–Kier alpha value is -2.28. The van der Waals surface area contributed by atoms with Crippen molar-refractivity contribution in [2.24, 2.45) is 11.0 Å². The lowest BCUT2D eigenvalue weighted by atomic mass is 10.1. The molecule has 0 saturated heterocycles. The highest BCUT2D eigenvalue weighted by Gasteiger charge is 2.29. The number of amides is 2. The highest BCUT2D eigenvalue weighted by atomic mass is 35.5. The molecule has 1 fully saturated rings. The van der Waals surface area contributed by atoms with Gasteiger partial charge in [0.05, 0.1) is 20.8 Å². The van der Waals surface area contributed by atoms with Gasteiger partial charge in [-0.1, -0.05) is 46.9 Å². The molecule has 1 aliphatic rings. The van der Waals surface area contributed by atoms with Crippen molar-refractivity contribution < 1.29 is 14.3 Å². The number of hydrazone groups is 1. The second kappa shape index (κ2) is 9.48. The van der Waals surface area contributed by atoms with Crippen molar-refractivity contribution in [1.29, 1.82) is 0 Å². The zero-order chi connectivity index (χ0) is 21.0. The number of nitrogens with zero attached hydrogens (tertiary/aromatic N) is 1. The minimum atomic E-state index is -0.459. The van der Waals surface area contributed by atoms with Crippen LogP contribution in [0.1, 0.15) is 25.3 Å². The van der Waals surface area contributed by atoms with E-state index in [1.807, 2.05) is 12.1 Å². The number of carbonyl (C=O) groups is 2. The maximum atomic E-state index is 12.0. The summed E-state index contributed by atoms with van der Waals surface area (Å²) in [5, 5.41) is 7.75. The Balaban J connectivity index is 1.51. The molecular weight excluding hydrogens is 437 g/mol. The molecule has 0 spiro atoms. The molecule has 0 atom stereocenters. The molecule has 152 valence electrons. The SMILES string of the molecule is C/C(=N\NC(=O)COc1cc(Cl)c(Cl)cc1Cl)c1ccc(NC(=O)C2CC2)cc1. The van der Waals surface area contributed by atoms with Gasteiger partial charge in [-0.25, -0.2) is 5.43 Å². The fourth-order valence-electron chi connectivity index (χ4n) is 2.39. The smallest absolute Gasteiger partial charge is 0.277 e. The highest BCUT2D eigenvalue weighted by Crippen LogP contribution is 2.33. The largest absolute Gasteiger partial charge is 0.482 e. The van der Waals surface area contributed by atoms with E-state index in [0.29, 0.717) is 10.7 Å². The van der Waals surface area contributed by atoms with E-state index in [-0.39, 0.29) is 34.2 Å². The van der Waals surface area contributed by atoms with Crippen LogP contribution in [0.3, 0.4) is 0 Å². The van der Waals surface area contributed by atoms with E-state index in [2.05, 4.69) is 15.8 Å². The third-order valence-corrected chi connectivity index (χ3v) is 5.22. The van der Waals surface area contributed by atoms with Crippen molar-refractivity contribution >= 4 is 58.0 Å². The van der Waals surface area contributed by atoms with Gasteiger partial charge < -0.3 is 10.1 Å². The van der Waals surface area contributed by atoms with Crippen LogP contribution < -0.4 is 15.5 Å². The Morgan fingerprint density at radius 3 is 2.38 bits per heavy atom. The van der Waals surface area contributed by atoms with Gasteiger partial charge in [0.1, 0.15) is 5.75 Å². The van der Waals surface area contributed by atoms with Gasteiger partial charge in [0.15, 0.2) is 6.61 Å². The molecule has 3 rings (SSSR count). The number of benzene rings is 2. The summed E-state index contributed by atoms with van der Waals surface area (Å²) in [5.74, 6) is -0.00720. The molecule has 6 nitrogen and oxygen atoms in total. The number of halogens is 3. The summed E-state index contributed by atoms with van der Waals surface area (Å²) in [6.07, 6.45) is 1.91. The van der Waals surface area contributed by atoms with Gasteiger partial charge in [0.25, 0.3) is 5.91 Å². The standard InChI is InChI=1S/C20H18Cl3N3O3/c1-11(12-4-6-14(7-5-12)24-20(28)13-2-3-13)25-26-19(27)10-29-18-9-16(22)15(21)8-17(18)23/h4-9,13H,2-3,10H2,1H3,(H,24,28)(H,26,27)/b25-11+. The number of carbonyl (C=O) groups excluding carboxylic acids is 2. The number of rotatable bonds is 7. The van der Waals surface area contributed by atoms with Crippen LogP contribution in [-0.4, -0.2) is 24.1 Å². The molecule has 2 aromatic rings. The molecule has 0 aromatic heterocycles. The monoisotopic (exact) mass is 453 g/mol. The molecule has 2 amide bonds. The third-order valence-electron chi connectivity index (χ3n) is 4.20. The predicted octanol–water partition coefficient (Wildman–Crippen LogP) is 4.91. The summed E-state index contributed by atoms with van der Waals surface area (Å²) < 4.78 is 5.35. The van der Waals surface area contributed by atoms with Gasteiger partial charge in [-0.2, -0.15) is 5.10 Å². The Bertz CT molecular complexity index is 957. The summed E-state index contributed by atoms with van der Waals surface area (Å²) in [7, 11) is 0. The molecule has 0 aliphatic heterocycles. The van der Waals surface area contributed by atoms with Gasteiger partial charge in [-0.05, 0) is 43.5 Å². The molecule has 0 bridgehead atoms. The van der Waals surface area contributed by atoms with Crippen LogP contribution in [0.25, 0.3) is 0 Å². The van der Waals surface area contributed by atoms with E-state index in [4.69, 9.17) is 39.5 Å². The lowest BCUT2D eigenvalue weighted by Gasteiger charge is -2.09. The van der Waals surface area contributed by atoms with Crippen molar-refractivity contribution in [1.82, 2.24) is 5.43 Å². The summed E-state index contributed by atoms with van der Waals surface area (Å²) in [5.41, 5.74) is 4.56. The van der Waals surface area contributed by atoms with Crippen LogP contribution in [-0.2, 0) is 9.59 Å². The maximum Gasteiger partial charge on any atom is 0.277 e. The van der Waals surface area contributed by atoms with Gasteiger partial charge in [-0.3, -0.25) is 9.59 Å². The number of nitrogens with one attached hydrogen (secondary N) is 2. The van der Waals surface area contributed by atoms with E-state index in [9.17, 15) is 9.59 Å². The van der Waals surface area contributed by atoms with Crippen LogP contribution >= 0.6 is 34.8 Å². The Morgan fingerprint density at radius 1 is 1.07 bits per heavy atom.